The summed E-state index contributed by atoms with van der Waals surface area (Å²) >= 11 is 0. The first-order valence-electron chi connectivity index (χ1n) is 22.2. The van der Waals surface area contributed by atoms with Gasteiger partial charge in [0.05, 0.1) is 0 Å². The number of nitrogens with zero attached hydrogens (tertiary/aromatic N) is 2. The first-order chi connectivity index (χ1) is 28.8. The minimum absolute atomic E-state index is 0.00297. The minimum atomic E-state index is -0.0309. The molecule has 0 aliphatic carbocycles. The molecule has 0 radical (unpaired) electrons. The van der Waals surface area contributed by atoms with E-state index in [2.05, 4.69) is 245 Å². The molecule has 0 spiro atoms. The van der Waals surface area contributed by atoms with Gasteiger partial charge in [0, 0.05) is 34.1 Å². The molecule has 7 aromatic rings. The molecule has 0 atom stereocenters. The summed E-state index contributed by atoms with van der Waals surface area (Å²) in [5.74, 6) is 0. The van der Waals surface area contributed by atoms with Crippen molar-refractivity contribution in [2.24, 2.45) is 0 Å². The zero-order valence-electron chi connectivity index (χ0n) is 38.4. The van der Waals surface area contributed by atoms with Gasteiger partial charge in [0.15, 0.2) is 0 Å². The molecular weight excluding hydrogens is 735 g/mol. The fraction of sp³-hybridized carbons (Fsp3) is 0.276. The lowest BCUT2D eigenvalue weighted by Crippen LogP contribution is -2.61. The Morgan fingerprint density at radius 2 is 0.656 bits per heavy atom. The molecule has 0 fully saturated rings. The maximum atomic E-state index is 2.58. The molecule has 0 saturated carbocycles. The molecular formula is C58H61BN2. The normalized spacial score (nSPS) is 13.8. The van der Waals surface area contributed by atoms with Gasteiger partial charge in [-0.15, -0.1) is 0 Å². The van der Waals surface area contributed by atoms with Crippen LogP contribution < -0.4 is 26.2 Å². The summed E-state index contributed by atoms with van der Waals surface area (Å²) in [7, 11) is 0. The van der Waals surface area contributed by atoms with Crippen LogP contribution in [0.1, 0.15) is 105 Å². The second-order valence-electron chi connectivity index (χ2n) is 21.6. The molecule has 9 rings (SSSR count). The van der Waals surface area contributed by atoms with Gasteiger partial charge in [-0.05, 0) is 131 Å². The van der Waals surface area contributed by atoms with Gasteiger partial charge < -0.3 is 9.80 Å². The van der Waals surface area contributed by atoms with Gasteiger partial charge in [-0.1, -0.05) is 186 Å². The summed E-state index contributed by atoms with van der Waals surface area (Å²) in [4.78, 5) is 5.17. The van der Waals surface area contributed by atoms with Crippen LogP contribution in [-0.4, -0.2) is 6.71 Å². The van der Waals surface area contributed by atoms with Crippen LogP contribution in [-0.2, 0) is 21.7 Å². The predicted octanol–water partition coefficient (Wildman–Crippen LogP) is 14.3. The number of hydrogen-bond donors (Lipinski definition) is 0. The molecule has 0 bridgehead atoms. The van der Waals surface area contributed by atoms with Gasteiger partial charge in [0.25, 0.3) is 6.71 Å². The van der Waals surface area contributed by atoms with Crippen molar-refractivity contribution >= 4 is 57.2 Å². The summed E-state index contributed by atoms with van der Waals surface area (Å²) in [6.45, 7) is 28.1. The van der Waals surface area contributed by atoms with E-state index in [9.17, 15) is 0 Å². The Kier molecular flexibility index (Phi) is 9.59. The van der Waals surface area contributed by atoms with Crippen molar-refractivity contribution in [3.8, 4) is 22.3 Å². The second kappa shape index (κ2) is 14.4. The summed E-state index contributed by atoms with van der Waals surface area (Å²) in [6.07, 6.45) is 0. The van der Waals surface area contributed by atoms with Crippen LogP contribution in [0.2, 0.25) is 0 Å². The number of rotatable bonds is 4. The maximum Gasteiger partial charge on any atom is 0.252 e. The fourth-order valence-electron chi connectivity index (χ4n) is 9.33. The monoisotopic (exact) mass is 796 g/mol. The molecule has 61 heavy (non-hydrogen) atoms. The molecule has 7 aromatic carbocycles. The maximum absolute atomic E-state index is 2.58. The van der Waals surface area contributed by atoms with E-state index in [0.29, 0.717) is 0 Å². The SMILES string of the molecule is CC(C)(C)c1cc(N2c3ccc(-c4ccccc4)cc3B3c4cc(-c5ccccc5)ccc4N(c4cc(C(C)(C)C)cc(C(C)(C)C)c4)c4cccc2c43)cc(C(C)(C)C)c1. The van der Waals surface area contributed by atoms with Gasteiger partial charge in [0.1, 0.15) is 0 Å². The van der Waals surface area contributed by atoms with Crippen LogP contribution in [0, 0.1) is 0 Å². The van der Waals surface area contributed by atoms with Crippen molar-refractivity contribution in [2.45, 2.75) is 105 Å². The van der Waals surface area contributed by atoms with Crippen molar-refractivity contribution in [1.29, 1.82) is 0 Å². The third-order valence-corrected chi connectivity index (χ3v) is 13.0. The first kappa shape index (κ1) is 40.6. The molecule has 3 heteroatoms. The number of fused-ring (bicyclic) bond motifs is 4. The van der Waals surface area contributed by atoms with Crippen molar-refractivity contribution in [2.75, 3.05) is 9.80 Å². The van der Waals surface area contributed by atoms with E-state index in [-0.39, 0.29) is 28.4 Å². The van der Waals surface area contributed by atoms with Gasteiger partial charge in [-0.2, -0.15) is 0 Å². The van der Waals surface area contributed by atoms with Crippen molar-refractivity contribution < 1.29 is 0 Å². The summed E-state index contributed by atoms with van der Waals surface area (Å²) in [6, 6.07) is 57.9. The molecule has 2 aliphatic heterocycles. The molecule has 0 unspecified atom stereocenters. The van der Waals surface area contributed by atoms with E-state index in [1.807, 2.05) is 0 Å². The van der Waals surface area contributed by atoms with Gasteiger partial charge in [-0.3, -0.25) is 0 Å². The Hall–Kier alpha value is -5.80. The molecule has 2 aliphatic rings. The predicted molar refractivity (Wildman–Crippen MR) is 266 cm³/mol. The Morgan fingerprint density at radius 1 is 0.311 bits per heavy atom. The quantitative estimate of drug-likeness (QED) is 0.164. The van der Waals surface area contributed by atoms with Crippen molar-refractivity contribution in [1.82, 2.24) is 0 Å². The number of benzene rings is 7. The number of hydrogen-bond acceptors (Lipinski definition) is 2. The van der Waals surface area contributed by atoms with Gasteiger partial charge in [0.2, 0.25) is 0 Å². The Bertz CT molecular complexity index is 2540. The van der Waals surface area contributed by atoms with Crippen LogP contribution in [0.25, 0.3) is 22.3 Å². The highest BCUT2D eigenvalue weighted by atomic mass is 15.2. The first-order valence-corrected chi connectivity index (χ1v) is 22.2. The fourth-order valence-corrected chi connectivity index (χ4v) is 9.33. The molecule has 0 aromatic heterocycles. The third kappa shape index (κ3) is 7.31. The average molecular weight is 797 g/mol. The molecule has 2 nitrogen and oxygen atoms in total. The van der Waals surface area contributed by atoms with Crippen molar-refractivity contribution in [3.63, 3.8) is 0 Å². The van der Waals surface area contributed by atoms with Crippen molar-refractivity contribution in [3.05, 3.63) is 174 Å². The zero-order valence-corrected chi connectivity index (χ0v) is 38.4. The summed E-state index contributed by atoms with van der Waals surface area (Å²) in [5, 5.41) is 0. The smallest absolute Gasteiger partial charge is 0.252 e. The summed E-state index contributed by atoms with van der Waals surface area (Å²) < 4.78 is 0. The van der Waals surface area contributed by atoms with E-state index in [1.165, 1.54) is 95.0 Å². The molecule has 0 amide bonds. The van der Waals surface area contributed by atoms with Crippen LogP contribution >= 0.6 is 0 Å². The van der Waals surface area contributed by atoms with E-state index >= 15 is 0 Å². The van der Waals surface area contributed by atoms with Gasteiger partial charge in [-0.25, -0.2) is 0 Å². The van der Waals surface area contributed by atoms with E-state index in [1.54, 1.807) is 0 Å². The largest absolute Gasteiger partial charge is 0.311 e. The third-order valence-electron chi connectivity index (χ3n) is 13.0. The molecule has 0 saturated heterocycles. The van der Waals surface area contributed by atoms with E-state index in [4.69, 9.17) is 0 Å². The molecule has 0 N–H and O–H groups in total. The van der Waals surface area contributed by atoms with E-state index in [0.717, 1.165) is 0 Å². The lowest BCUT2D eigenvalue weighted by molar-refractivity contribution is 0.568. The minimum Gasteiger partial charge on any atom is -0.311 e. The highest BCUT2D eigenvalue weighted by Gasteiger charge is 2.44. The zero-order chi connectivity index (χ0) is 43.2. The van der Waals surface area contributed by atoms with Crippen LogP contribution in [0.5, 0.6) is 0 Å². The molecule has 306 valence electrons. The highest BCUT2D eigenvalue weighted by molar-refractivity contribution is 7.00. The van der Waals surface area contributed by atoms with E-state index < -0.39 is 0 Å². The van der Waals surface area contributed by atoms with Crippen LogP contribution in [0.4, 0.5) is 34.1 Å². The number of anilines is 6. The lowest BCUT2D eigenvalue weighted by atomic mass is 9.33. The molecule has 2 heterocycles. The second-order valence-corrected chi connectivity index (χ2v) is 21.6. The standard InChI is InChI=1S/C58H61BN2/c1-55(2,3)42-32-43(56(4,5)6)35-46(34-42)60-50-28-26-40(38-20-15-13-16-21-38)30-48(50)59-49-31-41(39-22-17-14-18-23-39)27-29-51(49)61(53-25-19-24-52(60)54(53)59)47-36-44(57(7,8)9)33-45(37-47)58(10,11)12/h13-37H,1-12H3. The summed E-state index contributed by atoms with van der Waals surface area (Å²) in [5.41, 5.74) is 21.5. The Morgan fingerprint density at radius 3 is 0.984 bits per heavy atom. The highest BCUT2D eigenvalue weighted by Crippen LogP contribution is 2.47. The van der Waals surface area contributed by atoms with Crippen LogP contribution in [0.15, 0.2) is 152 Å². The Labute approximate surface area is 366 Å². The van der Waals surface area contributed by atoms with Gasteiger partial charge >= 0.3 is 0 Å². The van der Waals surface area contributed by atoms with Crippen LogP contribution in [0.3, 0.4) is 0 Å². The topological polar surface area (TPSA) is 6.48 Å². The Balaban J connectivity index is 1.40. The lowest BCUT2D eigenvalue weighted by Gasteiger charge is -2.45. The average Bonchev–Trinajstić information content (AvgIpc) is 3.22.